The molecule has 0 unspecified atom stereocenters. The van der Waals surface area contributed by atoms with E-state index in [0.29, 0.717) is 10.8 Å². The highest BCUT2D eigenvalue weighted by molar-refractivity contribution is 5.90. The van der Waals surface area contributed by atoms with E-state index in [-0.39, 0.29) is 11.1 Å². The summed E-state index contributed by atoms with van der Waals surface area (Å²) in [6, 6.07) is 15.7. The van der Waals surface area contributed by atoms with E-state index in [1.165, 1.54) is 24.3 Å². The van der Waals surface area contributed by atoms with E-state index in [9.17, 15) is 23.6 Å². The van der Waals surface area contributed by atoms with Gasteiger partial charge >= 0.3 is 17.6 Å². The Balaban J connectivity index is 1.59. The maximum Gasteiger partial charge on any atom is 0.338 e. The number of carbonyl (C=O) groups is 2. The van der Waals surface area contributed by atoms with Gasteiger partial charge in [0.25, 0.3) is 5.56 Å². The normalized spacial score (nSPS) is 21.7. The molecule has 4 atom stereocenters. The first kappa shape index (κ1) is 23.1. The Hall–Kier alpha value is -4.12. The highest BCUT2D eigenvalue weighted by atomic mass is 19.1. The Kier molecular flexibility index (Phi) is 6.64. The molecule has 1 fully saturated rings. The Morgan fingerprint density at radius 1 is 0.971 bits per heavy atom. The fourth-order valence-corrected chi connectivity index (χ4v) is 3.42. The van der Waals surface area contributed by atoms with Crippen molar-refractivity contribution in [2.75, 3.05) is 6.61 Å². The third kappa shape index (κ3) is 4.79. The van der Waals surface area contributed by atoms with Crippen LogP contribution in [0.25, 0.3) is 0 Å². The van der Waals surface area contributed by atoms with Gasteiger partial charge in [-0.1, -0.05) is 36.4 Å². The van der Waals surface area contributed by atoms with Crippen LogP contribution in [0, 0.1) is 5.82 Å². The first-order chi connectivity index (χ1) is 16.3. The predicted molar refractivity (Wildman–Crippen MR) is 112 cm³/mol. The summed E-state index contributed by atoms with van der Waals surface area (Å²) in [5, 5.41) is 0. The molecule has 34 heavy (non-hydrogen) atoms. The number of nitrogens with zero attached hydrogens (tertiary/aromatic N) is 1. The zero-order chi connectivity index (χ0) is 24.2. The molecule has 1 aliphatic heterocycles. The fourth-order valence-electron chi connectivity index (χ4n) is 3.42. The van der Waals surface area contributed by atoms with E-state index >= 15 is 4.39 Å². The summed E-state index contributed by atoms with van der Waals surface area (Å²) in [5.41, 5.74) is -2.06. The summed E-state index contributed by atoms with van der Waals surface area (Å²) in [6.07, 6.45) is -6.36. The van der Waals surface area contributed by atoms with Crippen LogP contribution in [-0.4, -0.2) is 46.5 Å². The Bertz CT molecular complexity index is 1290. The SMILES string of the molecule is O=C(OC[C@H]1O[C@@H](n2cc(F)c(=O)[nH]c2=O)[C@@H](F)[C@@H]1OC(=O)c1ccccc1)c1ccccc1. The minimum atomic E-state index is -2.16. The molecule has 0 amide bonds. The lowest BCUT2D eigenvalue weighted by Gasteiger charge is -2.19. The van der Waals surface area contributed by atoms with Crippen molar-refractivity contribution in [3.8, 4) is 0 Å². The van der Waals surface area contributed by atoms with Crippen LogP contribution >= 0.6 is 0 Å². The minimum absolute atomic E-state index is 0.130. The lowest BCUT2D eigenvalue weighted by Crippen LogP contribution is -2.39. The van der Waals surface area contributed by atoms with E-state index in [1.54, 1.807) is 41.4 Å². The molecule has 1 saturated heterocycles. The number of hydrogen-bond acceptors (Lipinski definition) is 7. The number of hydrogen-bond donors (Lipinski definition) is 1. The van der Waals surface area contributed by atoms with E-state index < -0.39 is 60.2 Å². The number of nitrogens with one attached hydrogen (secondary N) is 1. The van der Waals surface area contributed by atoms with Crippen LogP contribution in [0.2, 0.25) is 0 Å². The van der Waals surface area contributed by atoms with Gasteiger partial charge in [0.2, 0.25) is 5.82 Å². The van der Waals surface area contributed by atoms with Gasteiger partial charge in [0.05, 0.1) is 17.3 Å². The predicted octanol–water partition coefficient (Wildman–Crippen LogP) is 1.99. The van der Waals surface area contributed by atoms with Gasteiger partial charge in [-0.25, -0.2) is 18.8 Å². The molecular weight excluding hydrogens is 454 g/mol. The van der Waals surface area contributed by atoms with Crippen LogP contribution in [0.15, 0.2) is 76.4 Å². The maximum absolute atomic E-state index is 15.4. The maximum atomic E-state index is 15.4. The average molecular weight is 472 g/mol. The molecule has 1 N–H and O–H groups in total. The smallest absolute Gasteiger partial charge is 0.338 e. The van der Waals surface area contributed by atoms with Gasteiger partial charge in [-0.2, -0.15) is 4.39 Å². The average Bonchev–Trinajstić information content (AvgIpc) is 3.15. The van der Waals surface area contributed by atoms with Crippen molar-refractivity contribution < 1.29 is 32.6 Å². The summed E-state index contributed by atoms with van der Waals surface area (Å²) < 4.78 is 45.7. The van der Waals surface area contributed by atoms with Crippen molar-refractivity contribution in [1.82, 2.24) is 9.55 Å². The van der Waals surface area contributed by atoms with E-state index in [0.717, 1.165) is 0 Å². The van der Waals surface area contributed by atoms with E-state index in [4.69, 9.17) is 14.2 Å². The fraction of sp³-hybridized carbons (Fsp3) is 0.217. The van der Waals surface area contributed by atoms with Gasteiger partial charge < -0.3 is 14.2 Å². The number of alkyl halides is 1. The van der Waals surface area contributed by atoms with Gasteiger partial charge in [0, 0.05) is 0 Å². The third-order valence-electron chi connectivity index (χ3n) is 5.11. The highest BCUT2D eigenvalue weighted by Gasteiger charge is 2.49. The first-order valence-electron chi connectivity index (χ1n) is 10.1. The second-order valence-electron chi connectivity index (χ2n) is 7.35. The minimum Gasteiger partial charge on any atom is -0.459 e. The molecule has 2 heterocycles. The van der Waals surface area contributed by atoms with Crippen molar-refractivity contribution >= 4 is 11.9 Å². The molecule has 0 radical (unpaired) electrons. The summed E-state index contributed by atoms with van der Waals surface area (Å²) in [7, 11) is 0. The number of rotatable bonds is 6. The number of halogens is 2. The Labute approximate surface area is 190 Å². The zero-order valence-corrected chi connectivity index (χ0v) is 17.4. The van der Waals surface area contributed by atoms with Crippen LogP contribution in [-0.2, 0) is 14.2 Å². The molecular formula is C23H18F2N2O7. The second-order valence-corrected chi connectivity index (χ2v) is 7.35. The molecule has 3 aromatic rings. The van der Waals surface area contributed by atoms with E-state index in [2.05, 4.69) is 0 Å². The van der Waals surface area contributed by atoms with Crippen LogP contribution < -0.4 is 11.2 Å². The van der Waals surface area contributed by atoms with Crippen molar-refractivity contribution in [3.63, 3.8) is 0 Å². The van der Waals surface area contributed by atoms with Gasteiger partial charge in [-0.05, 0) is 24.3 Å². The summed E-state index contributed by atoms with van der Waals surface area (Å²) in [5.74, 6) is -2.95. The molecule has 0 bridgehead atoms. The molecule has 2 aromatic carbocycles. The molecule has 9 nitrogen and oxygen atoms in total. The summed E-state index contributed by atoms with van der Waals surface area (Å²) >= 11 is 0. The summed E-state index contributed by atoms with van der Waals surface area (Å²) in [6.45, 7) is -0.530. The Morgan fingerprint density at radius 2 is 1.56 bits per heavy atom. The lowest BCUT2D eigenvalue weighted by atomic mass is 10.1. The van der Waals surface area contributed by atoms with E-state index in [1.807, 2.05) is 0 Å². The largest absolute Gasteiger partial charge is 0.459 e. The number of H-pyrrole nitrogens is 1. The topological polar surface area (TPSA) is 117 Å². The number of carbonyl (C=O) groups excluding carboxylic acids is 2. The van der Waals surface area contributed by atoms with Gasteiger partial charge in [-0.15, -0.1) is 0 Å². The van der Waals surface area contributed by atoms with Crippen LogP contribution in [0.5, 0.6) is 0 Å². The number of ether oxygens (including phenoxy) is 3. The zero-order valence-electron chi connectivity index (χ0n) is 17.4. The third-order valence-corrected chi connectivity index (χ3v) is 5.11. The van der Waals surface area contributed by atoms with Crippen molar-refractivity contribution in [2.24, 2.45) is 0 Å². The van der Waals surface area contributed by atoms with Crippen molar-refractivity contribution in [3.05, 3.63) is 105 Å². The van der Waals surface area contributed by atoms with Crippen molar-refractivity contribution in [1.29, 1.82) is 0 Å². The second kappa shape index (κ2) is 9.79. The van der Waals surface area contributed by atoms with Crippen molar-refractivity contribution in [2.45, 2.75) is 24.6 Å². The molecule has 0 aliphatic carbocycles. The molecule has 0 saturated carbocycles. The molecule has 176 valence electrons. The van der Waals surface area contributed by atoms with Crippen LogP contribution in [0.3, 0.4) is 0 Å². The summed E-state index contributed by atoms with van der Waals surface area (Å²) in [4.78, 5) is 50.0. The number of aromatic nitrogens is 2. The molecule has 11 heteroatoms. The number of aromatic amines is 1. The monoisotopic (exact) mass is 472 g/mol. The van der Waals surface area contributed by atoms with Crippen LogP contribution in [0.1, 0.15) is 26.9 Å². The van der Waals surface area contributed by atoms with Gasteiger partial charge in [0.1, 0.15) is 12.7 Å². The van der Waals surface area contributed by atoms with Gasteiger partial charge in [0.15, 0.2) is 18.5 Å². The Morgan fingerprint density at radius 3 is 2.18 bits per heavy atom. The quantitative estimate of drug-likeness (QED) is 0.546. The standard InChI is InChI=1S/C23H18F2N2O7/c24-15-11-27(23(31)26-19(15)28)20-17(25)18(34-22(30)14-9-5-2-6-10-14)16(33-20)12-32-21(29)13-7-3-1-4-8-13/h1-11,16-18,20H,12H2,(H,26,28,31)/t16-,17+,18-,20-/m1/s1. The highest BCUT2D eigenvalue weighted by Crippen LogP contribution is 2.34. The number of benzene rings is 2. The molecule has 0 spiro atoms. The first-order valence-corrected chi connectivity index (χ1v) is 10.1. The molecule has 1 aromatic heterocycles. The van der Waals surface area contributed by atoms with Gasteiger partial charge in [-0.3, -0.25) is 14.3 Å². The number of esters is 2. The molecule has 1 aliphatic rings. The van der Waals surface area contributed by atoms with Crippen LogP contribution in [0.4, 0.5) is 8.78 Å². The molecule has 4 rings (SSSR count). The lowest BCUT2D eigenvalue weighted by molar-refractivity contribution is -0.0594.